The minimum atomic E-state index is -0.202. The molecule has 0 spiro atoms. The van der Waals surface area contributed by atoms with Crippen LogP contribution in [0.25, 0.3) is 0 Å². The standard InChI is InChI=1S/C23H22ClNO3/c1-3-16-6-11-20(12-7-16)25-23(26)18-8-13-21(22(14-18)27-2)28-15-17-4-9-19(24)10-5-17/h4-14H,3,15H2,1-2H3,(H,25,26). The normalized spacial score (nSPS) is 10.4. The second kappa shape index (κ2) is 9.29. The first-order valence-electron chi connectivity index (χ1n) is 9.04. The third-order valence-corrected chi connectivity index (χ3v) is 4.61. The van der Waals surface area contributed by atoms with E-state index in [1.54, 1.807) is 25.3 Å². The van der Waals surface area contributed by atoms with Crippen molar-refractivity contribution in [3.8, 4) is 11.5 Å². The first kappa shape index (κ1) is 19.8. The summed E-state index contributed by atoms with van der Waals surface area (Å²) in [5.74, 6) is 0.871. The summed E-state index contributed by atoms with van der Waals surface area (Å²) in [6.07, 6.45) is 0.961. The molecular weight excluding hydrogens is 374 g/mol. The first-order chi connectivity index (χ1) is 13.6. The Bertz CT molecular complexity index is 937. The Kier molecular flexibility index (Phi) is 6.56. The van der Waals surface area contributed by atoms with Crippen LogP contribution >= 0.6 is 11.6 Å². The Balaban J connectivity index is 1.68. The molecule has 0 fully saturated rings. The van der Waals surface area contributed by atoms with Crippen LogP contribution in [-0.4, -0.2) is 13.0 Å². The Hall–Kier alpha value is -2.98. The fourth-order valence-electron chi connectivity index (χ4n) is 2.70. The van der Waals surface area contributed by atoms with Gasteiger partial charge in [-0.1, -0.05) is 42.8 Å². The van der Waals surface area contributed by atoms with Gasteiger partial charge in [0.05, 0.1) is 7.11 Å². The molecule has 1 N–H and O–H groups in total. The van der Waals surface area contributed by atoms with Crippen LogP contribution in [0.1, 0.15) is 28.4 Å². The zero-order valence-electron chi connectivity index (χ0n) is 15.9. The van der Waals surface area contributed by atoms with Crippen molar-refractivity contribution < 1.29 is 14.3 Å². The van der Waals surface area contributed by atoms with E-state index in [2.05, 4.69) is 12.2 Å². The Labute approximate surface area is 170 Å². The fourth-order valence-corrected chi connectivity index (χ4v) is 2.82. The van der Waals surface area contributed by atoms with Gasteiger partial charge in [-0.25, -0.2) is 0 Å². The molecule has 0 aliphatic carbocycles. The number of ether oxygens (including phenoxy) is 2. The molecule has 0 aromatic heterocycles. The van der Waals surface area contributed by atoms with E-state index in [9.17, 15) is 4.79 Å². The van der Waals surface area contributed by atoms with E-state index in [0.29, 0.717) is 28.7 Å². The lowest BCUT2D eigenvalue weighted by Crippen LogP contribution is -2.12. The van der Waals surface area contributed by atoms with Gasteiger partial charge in [-0.15, -0.1) is 0 Å². The molecule has 0 saturated heterocycles. The minimum absolute atomic E-state index is 0.202. The van der Waals surface area contributed by atoms with Crippen LogP contribution in [0.3, 0.4) is 0 Å². The van der Waals surface area contributed by atoms with Crippen molar-refractivity contribution in [2.45, 2.75) is 20.0 Å². The van der Waals surface area contributed by atoms with Gasteiger partial charge in [-0.3, -0.25) is 4.79 Å². The summed E-state index contributed by atoms with van der Waals surface area (Å²) < 4.78 is 11.2. The van der Waals surface area contributed by atoms with Crippen molar-refractivity contribution in [2.24, 2.45) is 0 Å². The monoisotopic (exact) mass is 395 g/mol. The number of aryl methyl sites for hydroxylation is 1. The van der Waals surface area contributed by atoms with Crippen molar-refractivity contribution >= 4 is 23.2 Å². The van der Waals surface area contributed by atoms with E-state index in [1.165, 1.54) is 5.56 Å². The number of carbonyl (C=O) groups is 1. The fraction of sp³-hybridized carbons (Fsp3) is 0.174. The summed E-state index contributed by atoms with van der Waals surface area (Å²) in [5, 5.41) is 3.58. The van der Waals surface area contributed by atoms with E-state index >= 15 is 0 Å². The number of hydrogen-bond acceptors (Lipinski definition) is 3. The van der Waals surface area contributed by atoms with Crippen molar-refractivity contribution in [1.82, 2.24) is 0 Å². The predicted molar refractivity (Wildman–Crippen MR) is 113 cm³/mol. The first-order valence-corrected chi connectivity index (χ1v) is 9.42. The molecule has 0 bridgehead atoms. The van der Waals surface area contributed by atoms with Gasteiger partial charge in [0, 0.05) is 16.3 Å². The molecule has 0 saturated carbocycles. The van der Waals surface area contributed by atoms with E-state index in [1.807, 2.05) is 48.5 Å². The van der Waals surface area contributed by atoms with Crippen LogP contribution < -0.4 is 14.8 Å². The topological polar surface area (TPSA) is 47.6 Å². The molecule has 5 heteroatoms. The Morgan fingerprint density at radius 2 is 1.61 bits per heavy atom. The highest BCUT2D eigenvalue weighted by atomic mass is 35.5. The molecule has 3 aromatic rings. The number of rotatable bonds is 7. The zero-order valence-corrected chi connectivity index (χ0v) is 16.6. The Morgan fingerprint density at radius 1 is 0.929 bits per heavy atom. The van der Waals surface area contributed by atoms with Crippen molar-refractivity contribution in [2.75, 3.05) is 12.4 Å². The van der Waals surface area contributed by atoms with E-state index in [-0.39, 0.29) is 5.91 Å². The van der Waals surface area contributed by atoms with Gasteiger partial charge in [-0.2, -0.15) is 0 Å². The van der Waals surface area contributed by atoms with Gasteiger partial charge in [-0.05, 0) is 60.0 Å². The molecule has 3 aromatic carbocycles. The average molecular weight is 396 g/mol. The van der Waals surface area contributed by atoms with Gasteiger partial charge in [0.1, 0.15) is 6.61 Å². The van der Waals surface area contributed by atoms with Crippen LogP contribution in [0.2, 0.25) is 5.02 Å². The van der Waals surface area contributed by atoms with Crippen LogP contribution in [0.15, 0.2) is 66.7 Å². The van der Waals surface area contributed by atoms with Gasteiger partial charge in [0.2, 0.25) is 0 Å². The largest absolute Gasteiger partial charge is 0.493 e. The highest BCUT2D eigenvalue weighted by molar-refractivity contribution is 6.30. The summed E-state index contributed by atoms with van der Waals surface area (Å²) in [7, 11) is 1.55. The molecule has 1 amide bonds. The number of nitrogens with one attached hydrogen (secondary N) is 1. The number of benzene rings is 3. The lowest BCUT2D eigenvalue weighted by Gasteiger charge is -2.13. The maximum Gasteiger partial charge on any atom is 0.255 e. The van der Waals surface area contributed by atoms with Crippen molar-refractivity contribution in [1.29, 1.82) is 0 Å². The van der Waals surface area contributed by atoms with Gasteiger partial charge >= 0.3 is 0 Å². The minimum Gasteiger partial charge on any atom is -0.493 e. The predicted octanol–water partition coefficient (Wildman–Crippen LogP) is 5.74. The van der Waals surface area contributed by atoms with Crippen LogP contribution in [0.4, 0.5) is 5.69 Å². The molecule has 4 nitrogen and oxygen atoms in total. The van der Waals surface area contributed by atoms with Crippen LogP contribution in [0.5, 0.6) is 11.5 Å². The summed E-state index contributed by atoms with van der Waals surface area (Å²) in [4.78, 5) is 12.5. The van der Waals surface area contributed by atoms with Gasteiger partial charge in [0.25, 0.3) is 5.91 Å². The lowest BCUT2D eigenvalue weighted by atomic mass is 10.1. The number of hydrogen-bond donors (Lipinski definition) is 1. The SMILES string of the molecule is CCc1ccc(NC(=O)c2ccc(OCc3ccc(Cl)cc3)c(OC)c2)cc1. The van der Waals surface area contributed by atoms with E-state index in [4.69, 9.17) is 21.1 Å². The average Bonchev–Trinajstić information content (AvgIpc) is 2.73. The smallest absolute Gasteiger partial charge is 0.255 e. The number of halogens is 1. The lowest BCUT2D eigenvalue weighted by molar-refractivity contribution is 0.102. The maximum atomic E-state index is 12.5. The highest BCUT2D eigenvalue weighted by Gasteiger charge is 2.12. The summed E-state index contributed by atoms with van der Waals surface area (Å²) in [5.41, 5.74) is 3.46. The van der Waals surface area contributed by atoms with Gasteiger partial charge in [0.15, 0.2) is 11.5 Å². The summed E-state index contributed by atoms with van der Waals surface area (Å²) >= 11 is 5.90. The number of amides is 1. The van der Waals surface area contributed by atoms with Crippen LogP contribution in [-0.2, 0) is 13.0 Å². The van der Waals surface area contributed by atoms with E-state index < -0.39 is 0 Å². The van der Waals surface area contributed by atoms with E-state index in [0.717, 1.165) is 17.7 Å². The van der Waals surface area contributed by atoms with Crippen LogP contribution in [0, 0.1) is 0 Å². The molecular formula is C23H22ClNO3. The number of carbonyl (C=O) groups excluding carboxylic acids is 1. The molecule has 0 heterocycles. The number of methoxy groups -OCH3 is 1. The molecule has 0 unspecified atom stereocenters. The molecule has 144 valence electrons. The second-order valence-corrected chi connectivity index (χ2v) is 6.72. The molecule has 0 atom stereocenters. The summed E-state index contributed by atoms with van der Waals surface area (Å²) in [6, 6.07) is 20.4. The quantitative estimate of drug-likeness (QED) is 0.554. The third kappa shape index (κ3) is 5.05. The second-order valence-electron chi connectivity index (χ2n) is 6.29. The molecule has 0 aliphatic rings. The zero-order chi connectivity index (χ0) is 19.9. The van der Waals surface area contributed by atoms with Gasteiger partial charge < -0.3 is 14.8 Å². The van der Waals surface area contributed by atoms with Crippen molar-refractivity contribution in [3.63, 3.8) is 0 Å². The van der Waals surface area contributed by atoms with Crippen molar-refractivity contribution in [3.05, 3.63) is 88.4 Å². The maximum absolute atomic E-state index is 12.5. The number of anilines is 1. The molecule has 0 radical (unpaired) electrons. The third-order valence-electron chi connectivity index (χ3n) is 4.35. The highest BCUT2D eigenvalue weighted by Crippen LogP contribution is 2.29. The summed E-state index contributed by atoms with van der Waals surface area (Å²) in [6.45, 7) is 2.47. The molecule has 28 heavy (non-hydrogen) atoms. The molecule has 3 rings (SSSR count). The Morgan fingerprint density at radius 3 is 2.25 bits per heavy atom. The molecule has 0 aliphatic heterocycles.